The van der Waals surface area contributed by atoms with Gasteiger partial charge >= 0.3 is 6.18 Å². The van der Waals surface area contributed by atoms with Crippen molar-refractivity contribution < 1.29 is 17.6 Å². The number of hydrogen-bond acceptors (Lipinski definition) is 3. The van der Waals surface area contributed by atoms with Crippen LogP contribution >= 0.6 is 0 Å². The Bertz CT molecular complexity index is 687. The highest BCUT2D eigenvalue weighted by molar-refractivity contribution is 5.65. The predicted octanol–water partition coefficient (Wildman–Crippen LogP) is 3.88. The van der Waals surface area contributed by atoms with Crippen LogP contribution in [0.3, 0.4) is 0 Å². The van der Waals surface area contributed by atoms with Crippen molar-refractivity contribution in [2.75, 3.05) is 11.9 Å². The number of halogens is 4. The fraction of sp³-hybridized carbons (Fsp3) is 0.143. The van der Waals surface area contributed by atoms with E-state index in [4.69, 9.17) is 5.26 Å². The summed E-state index contributed by atoms with van der Waals surface area (Å²) >= 11 is 0. The van der Waals surface area contributed by atoms with Crippen LogP contribution in [-0.2, 0) is 6.18 Å². The molecular weight excluding hydrogens is 286 g/mol. The van der Waals surface area contributed by atoms with Crippen molar-refractivity contribution in [2.45, 2.75) is 6.18 Å². The molecule has 0 spiro atoms. The van der Waals surface area contributed by atoms with E-state index < -0.39 is 17.7 Å². The van der Waals surface area contributed by atoms with Crippen LogP contribution in [0.2, 0.25) is 0 Å². The molecule has 7 heteroatoms. The Balaban J connectivity index is 2.51. The quantitative estimate of drug-likeness (QED) is 0.789. The van der Waals surface area contributed by atoms with Gasteiger partial charge in [0.1, 0.15) is 17.6 Å². The molecule has 0 fully saturated rings. The lowest BCUT2D eigenvalue weighted by Crippen LogP contribution is -2.16. The first kappa shape index (κ1) is 14.8. The predicted molar refractivity (Wildman–Crippen MR) is 68.4 cm³/mol. The molecule has 0 bridgehead atoms. The van der Waals surface area contributed by atoms with Gasteiger partial charge in [0.2, 0.25) is 0 Å². The van der Waals surface area contributed by atoms with Crippen LogP contribution in [0.15, 0.2) is 36.4 Å². The van der Waals surface area contributed by atoms with Gasteiger partial charge in [-0.3, -0.25) is 0 Å². The summed E-state index contributed by atoms with van der Waals surface area (Å²) in [5, 5.41) is 8.99. The average molecular weight is 295 g/mol. The molecule has 21 heavy (non-hydrogen) atoms. The molecule has 0 unspecified atom stereocenters. The molecule has 0 amide bonds. The summed E-state index contributed by atoms with van der Waals surface area (Å²) in [5.41, 5.74) is -0.681. The van der Waals surface area contributed by atoms with Gasteiger partial charge in [-0.25, -0.2) is 9.37 Å². The maximum absolute atomic E-state index is 12.9. The van der Waals surface area contributed by atoms with Crippen molar-refractivity contribution in [2.24, 2.45) is 0 Å². The minimum absolute atomic E-state index is 0.00479. The monoisotopic (exact) mass is 295 g/mol. The molecule has 2 rings (SSSR count). The molecule has 108 valence electrons. The van der Waals surface area contributed by atoms with Gasteiger partial charge in [0, 0.05) is 12.7 Å². The Labute approximate surface area is 118 Å². The van der Waals surface area contributed by atoms with E-state index in [0.29, 0.717) is 5.69 Å². The summed E-state index contributed by atoms with van der Waals surface area (Å²) in [4.78, 5) is 4.80. The van der Waals surface area contributed by atoms with E-state index in [1.165, 1.54) is 36.2 Å². The van der Waals surface area contributed by atoms with E-state index in [0.717, 1.165) is 12.1 Å². The maximum atomic E-state index is 12.9. The van der Waals surface area contributed by atoms with Gasteiger partial charge in [0.15, 0.2) is 5.82 Å². The Morgan fingerprint density at radius 1 is 1.10 bits per heavy atom. The number of anilines is 2. The number of benzene rings is 1. The standard InChI is InChI=1S/C14H9F4N3/c1-21(11-5-3-10(15)4-6-11)13-9(8-19)2-7-12(20-13)14(16,17)18/h2-7H,1H3. The molecule has 1 heterocycles. The summed E-state index contributed by atoms with van der Waals surface area (Å²) < 4.78 is 51.0. The number of pyridine rings is 1. The number of aromatic nitrogens is 1. The fourth-order valence-corrected chi connectivity index (χ4v) is 1.74. The van der Waals surface area contributed by atoms with Gasteiger partial charge in [-0.2, -0.15) is 18.4 Å². The van der Waals surface area contributed by atoms with Gasteiger partial charge in [-0.1, -0.05) is 0 Å². The molecule has 1 aromatic carbocycles. The minimum atomic E-state index is -4.60. The van der Waals surface area contributed by atoms with Crippen molar-refractivity contribution in [1.29, 1.82) is 5.26 Å². The summed E-state index contributed by atoms with van der Waals surface area (Å²) in [5.74, 6) is -0.608. The van der Waals surface area contributed by atoms with Gasteiger partial charge < -0.3 is 4.90 Å². The maximum Gasteiger partial charge on any atom is 0.433 e. The highest BCUT2D eigenvalue weighted by Gasteiger charge is 2.33. The first-order chi connectivity index (χ1) is 9.82. The second-order valence-corrected chi connectivity index (χ2v) is 4.21. The zero-order valence-corrected chi connectivity index (χ0v) is 10.8. The van der Waals surface area contributed by atoms with Gasteiger partial charge in [0.25, 0.3) is 0 Å². The normalized spacial score (nSPS) is 11.0. The third-order valence-corrected chi connectivity index (χ3v) is 2.82. The zero-order valence-electron chi connectivity index (χ0n) is 10.8. The van der Waals surface area contributed by atoms with Crippen LogP contribution in [0.5, 0.6) is 0 Å². The summed E-state index contributed by atoms with van der Waals surface area (Å²) in [6, 6.07) is 8.72. The van der Waals surface area contributed by atoms with Gasteiger partial charge in [0.05, 0.1) is 5.56 Å². The first-order valence-corrected chi connectivity index (χ1v) is 5.80. The zero-order chi connectivity index (χ0) is 15.6. The number of hydrogen-bond donors (Lipinski definition) is 0. The lowest BCUT2D eigenvalue weighted by atomic mass is 10.2. The molecule has 3 nitrogen and oxygen atoms in total. The number of rotatable bonds is 2. The third-order valence-electron chi connectivity index (χ3n) is 2.82. The molecule has 0 radical (unpaired) electrons. The van der Waals surface area contributed by atoms with Gasteiger partial charge in [-0.05, 0) is 36.4 Å². The smallest absolute Gasteiger partial charge is 0.328 e. The Morgan fingerprint density at radius 3 is 2.24 bits per heavy atom. The summed E-state index contributed by atoms with van der Waals surface area (Å²) in [6.45, 7) is 0. The fourth-order valence-electron chi connectivity index (χ4n) is 1.74. The Kier molecular flexibility index (Phi) is 3.80. The molecular formula is C14H9F4N3. The van der Waals surface area contributed by atoms with E-state index in [1.807, 2.05) is 0 Å². The highest BCUT2D eigenvalue weighted by atomic mass is 19.4. The van der Waals surface area contributed by atoms with E-state index in [2.05, 4.69) is 4.98 Å². The minimum Gasteiger partial charge on any atom is -0.328 e. The molecule has 2 aromatic rings. The summed E-state index contributed by atoms with van der Waals surface area (Å²) in [7, 11) is 1.45. The molecule has 0 N–H and O–H groups in total. The van der Waals surface area contributed by atoms with Crippen LogP contribution in [0.25, 0.3) is 0 Å². The lowest BCUT2D eigenvalue weighted by Gasteiger charge is -2.20. The molecule has 0 saturated heterocycles. The van der Waals surface area contributed by atoms with Gasteiger partial charge in [-0.15, -0.1) is 0 Å². The highest BCUT2D eigenvalue weighted by Crippen LogP contribution is 2.32. The second-order valence-electron chi connectivity index (χ2n) is 4.21. The van der Waals surface area contributed by atoms with E-state index in [9.17, 15) is 17.6 Å². The summed E-state index contributed by atoms with van der Waals surface area (Å²) in [6.07, 6.45) is -4.60. The number of nitrogens with zero attached hydrogens (tertiary/aromatic N) is 3. The van der Waals surface area contributed by atoms with Crippen molar-refractivity contribution >= 4 is 11.5 Å². The van der Waals surface area contributed by atoms with Crippen molar-refractivity contribution in [3.05, 3.63) is 53.5 Å². The van der Waals surface area contributed by atoms with E-state index in [1.54, 1.807) is 6.07 Å². The van der Waals surface area contributed by atoms with Crippen LogP contribution in [0.4, 0.5) is 29.1 Å². The average Bonchev–Trinajstić information content (AvgIpc) is 2.45. The topological polar surface area (TPSA) is 39.9 Å². The van der Waals surface area contributed by atoms with E-state index in [-0.39, 0.29) is 11.4 Å². The van der Waals surface area contributed by atoms with Crippen molar-refractivity contribution in [3.63, 3.8) is 0 Å². The number of nitriles is 1. The van der Waals surface area contributed by atoms with E-state index >= 15 is 0 Å². The molecule has 0 aliphatic heterocycles. The molecule has 0 aliphatic rings. The number of alkyl halides is 3. The molecule has 0 atom stereocenters. The third kappa shape index (κ3) is 3.11. The Morgan fingerprint density at radius 2 is 1.71 bits per heavy atom. The SMILES string of the molecule is CN(c1ccc(F)cc1)c1nc(C(F)(F)F)ccc1C#N. The Hall–Kier alpha value is -2.62. The molecule has 1 aromatic heterocycles. The van der Waals surface area contributed by atoms with Crippen LogP contribution in [-0.4, -0.2) is 12.0 Å². The second kappa shape index (κ2) is 5.40. The van der Waals surface area contributed by atoms with Crippen molar-refractivity contribution in [1.82, 2.24) is 4.98 Å². The lowest BCUT2D eigenvalue weighted by molar-refractivity contribution is -0.141. The first-order valence-electron chi connectivity index (χ1n) is 5.80. The van der Waals surface area contributed by atoms with Crippen LogP contribution in [0.1, 0.15) is 11.3 Å². The van der Waals surface area contributed by atoms with Crippen LogP contribution in [0, 0.1) is 17.1 Å². The molecule has 0 aliphatic carbocycles. The van der Waals surface area contributed by atoms with Crippen molar-refractivity contribution in [3.8, 4) is 6.07 Å². The molecule has 0 saturated carbocycles. The largest absolute Gasteiger partial charge is 0.433 e. The van der Waals surface area contributed by atoms with Crippen LogP contribution < -0.4 is 4.90 Å².